The zero-order valence-corrected chi connectivity index (χ0v) is 13.8. The Morgan fingerprint density at radius 3 is 2.61 bits per heavy atom. The van der Waals surface area contributed by atoms with Crippen LogP contribution in [0, 0.1) is 17.1 Å². The molecule has 1 aromatic rings. The first-order valence-electron chi connectivity index (χ1n) is 7.61. The molecule has 1 aromatic carbocycles. The van der Waals surface area contributed by atoms with Crippen molar-refractivity contribution >= 4 is 23.5 Å². The quantitative estimate of drug-likeness (QED) is 0.661. The van der Waals surface area contributed by atoms with Crippen LogP contribution >= 0.6 is 11.8 Å². The number of rotatable bonds is 5. The van der Waals surface area contributed by atoms with Crippen molar-refractivity contribution in [2.24, 2.45) is 0 Å². The summed E-state index contributed by atoms with van der Waals surface area (Å²) in [4.78, 5) is 23.6. The Labute approximate surface area is 139 Å². The van der Waals surface area contributed by atoms with Crippen molar-refractivity contribution in [1.29, 1.82) is 5.26 Å². The summed E-state index contributed by atoms with van der Waals surface area (Å²) >= 11 is 1.07. The number of ketones is 1. The fraction of sp³-hybridized carbons (Fsp3) is 0.471. The summed E-state index contributed by atoms with van der Waals surface area (Å²) in [6.45, 7) is 1.38. The van der Waals surface area contributed by atoms with E-state index in [0.717, 1.165) is 31.0 Å². The largest absolute Gasteiger partial charge is 0.337 e. The molecule has 2 rings (SSSR count). The van der Waals surface area contributed by atoms with Crippen LogP contribution in [0.5, 0.6) is 0 Å². The highest BCUT2D eigenvalue weighted by molar-refractivity contribution is 8.00. The third kappa shape index (κ3) is 4.55. The lowest BCUT2D eigenvalue weighted by atomic mass is 9.83. The Morgan fingerprint density at radius 2 is 2.04 bits per heavy atom. The number of nitrogens with zero attached hydrogens (tertiary/aromatic N) is 1. The van der Waals surface area contributed by atoms with Gasteiger partial charge in [-0.05, 0) is 31.9 Å². The molecule has 1 amide bonds. The van der Waals surface area contributed by atoms with E-state index in [4.69, 9.17) is 0 Å². The van der Waals surface area contributed by atoms with Crippen LogP contribution in [0.2, 0.25) is 0 Å². The lowest BCUT2D eigenvalue weighted by Crippen LogP contribution is -2.49. The summed E-state index contributed by atoms with van der Waals surface area (Å²) in [6, 6.07) is 6.46. The van der Waals surface area contributed by atoms with Crippen molar-refractivity contribution in [2.45, 2.75) is 49.5 Å². The Kier molecular flexibility index (Phi) is 5.78. The molecular weight excluding hydrogens is 315 g/mol. The third-order valence-corrected chi connectivity index (χ3v) is 5.05. The van der Waals surface area contributed by atoms with Gasteiger partial charge < -0.3 is 5.32 Å². The molecule has 0 heterocycles. The van der Waals surface area contributed by atoms with Crippen molar-refractivity contribution in [2.75, 3.05) is 5.75 Å². The first kappa shape index (κ1) is 17.5. The number of thioether (sulfide) groups is 1. The van der Waals surface area contributed by atoms with Crippen LogP contribution in [0.3, 0.4) is 0 Å². The molecule has 1 fully saturated rings. The van der Waals surface area contributed by atoms with E-state index in [9.17, 15) is 19.2 Å². The molecule has 1 aliphatic rings. The second-order valence-corrected chi connectivity index (χ2v) is 6.81. The average molecular weight is 334 g/mol. The van der Waals surface area contributed by atoms with Crippen LogP contribution in [0.1, 0.15) is 49.4 Å². The lowest BCUT2D eigenvalue weighted by molar-refractivity contribution is -0.120. The molecule has 1 aliphatic carbocycles. The Bertz CT molecular complexity index is 648. The average Bonchev–Trinajstić information content (AvgIpc) is 2.54. The highest BCUT2D eigenvalue weighted by Gasteiger charge is 2.33. The molecule has 0 radical (unpaired) electrons. The summed E-state index contributed by atoms with van der Waals surface area (Å²) in [6.07, 6.45) is 4.29. The molecule has 23 heavy (non-hydrogen) atoms. The van der Waals surface area contributed by atoms with Gasteiger partial charge in [0.25, 0.3) is 0 Å². The van der Waals surface area contributed by atoms with Crippen LogP contribution in [0.4, 0.5) is 4.39 Å². The topological polar surface area (TPSA) is 70.0 Å². The van der Waals surface area contributed by atoms with E-state index in [0.29, 0.717) is 23.3 Å². The molecule has 1 N–H and O–H groups in total. The van der Waals surface area contributed by atoms with Crippen molar-refractivity contribution in [3.8, 4) is 6.07 Å². The predicted octanol–water partition coefficient (Wildman–Crippen LogP) is 3.46. The zero-order chi connectivity index (χ0) is 16.9. The van der Waals surface area contributed by atoms with Gasteiger partial charge in [0, 0.05) is 10.5 Å². The van der Waals surface area contributed by atoms with Crippen molar-refractivity contribution in [1.82, 2.24) is 5.32 Å². The van der Waals surface area contributed by atoms with Gasteiger partial charge in [-0.2, -0.15) is 5.26 Å². The van der Waals surface area contributed by atoms with E-state index >= 15 is 0 Å². The summed E-state index contributed by atoms with van der Waals surface area (Å²) in [5, 5.41) is 12.1. The Balaban J connectivity index is 1.94. The zero-order valence-electron chi connectivity index (χ0n) is 13.0. The van der Waals surface area contributed by atoms with Gasteiger partial charge in [-0.15, -0.1) is 11.8 Å². The lowest BCUT2D eigenvalue weighted by Gasteiger charge is -2.31. The van der Waals surface area contributed by atoms with E-state index < -0.39 is 11.4 Å². The molecule has 0 spiro atoms. The normalized spacial score (nSPS) is 16.4. The number of carbonyl (C=O) groups excluding carboxylic acids is 2. The van der Waals surface area contributed by atoms with Gasteiger partial charge in [-0.1, -0.05) is 25.3 Å². The van der Waals surface area contributed by atoms with E-state index in [-0.39, 0.29) is 17.4 Å². The van der Waals surface area contributed by atoms with Gasteiger partial charge >= 0.3 is 0 Å². The number of nitrogens with one attached hydrogen (secondary N) is 1. The number of Topliss-reactive ketones (excluding diaryl/α,β-unsaturated/α-hetero) is 1. The number of halogens is 1. The number of amides is 1. The van der Waals surface area contributed by atoms with E-state index in [1.165, 1.54) is 19.1 Å². The van der Waals surface area contributed by atoms with Gasteiger partial charge in [-0.25, -0.2) is 4.39 Å². The maximum Gasteiger partial charge on any atom is 0.231 e. The molecule has 0 atom stereocenters. The maximum atomic E-state index is 13.9. The van der Waals surface area contributed by atoms with E-state index in [1.54, 1.807) is 6.07 Å². The molecule has 0 aliphatic heterocycles. The molecular formula is C17H19FN2O2S. The maximum absolute atomic E-state index is 13.9. The molecule has 0 bridgehead atoms. The standard InChI is InChI=1S/C17H19FN2O2S/c1-12(21)13-5-6-15(14(18)9-13)23-10-16(22)20-17(11-19)7-3-2-4-8-17/h5-6,9H,2-4,7-8,10H2,1H3,(H,20,22). The van der Waals surface area contributed by atoms with Crippen molar-refractivity contribution < 1.29 is 14.0 Å². The van der Waals surface area contributed by atoms with Gasteiger partial charge in [-0.3, -0.25) is 9.59 Å². The smallest absolute Gasteiger partial charge is 0.231 e. The molecule has 1 saturated carbocycles. The van der Waals surface area contributed by atoms with Crippen molar-refractivity contribution in [3.05, 3.63) is 29.6 Å². The first-order chi connectivity index (χ1) is 11.0. The fourth-order valence-electron chi connectivity index (χ4n) is 2.70. The van der Waals surface area contributed by atoms with E-state index in [1.807, 2.05) is 0 Å². The molecule has 122 valence electrons. The first-order valence-corrected chi connectivity index (χ1v) is 8.60. The van der Waals surface area contributed by atoms with Crippen LogP contribution in [0.25, 0.3) is 0 Å². The second kappa shape index (κ2) is 7.60. The number of hydrogen-bond donors (Lipinski definition) is 1. The summed E-state index contributed by atoms with van der Waals surface area (Å²) < 4.78 is 13.9. The Hall–Kier alpha value is -1.87. The minimum Gasteiger partial charge on any atom is -0.337 e. The Morgan fingerprint density at radius 1 is 1.35 bits per heavy atom. The second-order valence-electron chi connectivity index (χ2n) is 5.79. The molecule has 0 saturated heterocycles. The van der Waals surface area contributed by atoms with Gasteiger partial charge in [0.2, 0.25) is 5.91 Å². The number of carbonyl (C=O) groups is 2. The van der Waals surface area contributed by atoms with E-state index in [2.05, 4.69) is 11.4 Å². The van der Waals surface area contributed by atoms with Gasteiger partial charge in [0.05, 0.1) is 11.8 Å². The van der Waals surface area contributed by atoms with Crippen LogP contribution in [0.15, 0.2) is 23.1 Å². The van der Waals surface area contributed by atoms with Crippen LogP contribution in [-0.2, 0) is 4.79 Å². The van der Waals surface area contributed by atoms with Crippen LogP contribution < -0.4 is 5.32 Å². The minimum absolute atomic E-state index is 0.0414. The SMILES string of the molecule is CC(=O)c1ccc(SCC(=O)NC2(C#N)CCCCC2)c(F)c1. The summed E-state index contributed by atoms with van der Waals surface area (Å²) in [7, 11) is 0. The number of benzene rings is 1. The number of nitriles is 1. The fourth-order valence-corrected chi connectivity index (χ4v) is 3.42. The number of hydrogen-bond acceptors (Lipinski definition) is 4. The minimum atomic E-state index is -0.771. The summed E-state index contributed by atoms with van der Waals surface area (Å²) in [5.41, 5.74) is -0.464. The van der Waals surface area contributed by atoms with Crippen molar-refractivity contribution in [3.63, 3.8) is 0 Å². The molecule has 6 heteroatoms. The molecule has 4 nitrogen and oxygen atoms in total. The predicted molar refractivity (Wildman–Crippen MR) is 86.7 cm³/mol. The van der Waals surface area contributed by atoms with Gasteiger partial charge in [0.1, 0.15) is 11.4 Å². The highest BCUT2D eigenvalue weighted by Crippen LogP contribution is 2.28. The molecule has 0 unspecified atom stereocenters. The monoisotopic (exact) mass is 334 g/mol. The molecule has 0 aromatic heterocycles. The third-order valence-electron chi connectivity index (χ3n) is 4.00. The summed E-state index contributed by atoms with van der Waals surface area (Å²) in [5.74, 6) is -0.942. The van der Waals surface area contributed by atoms with Gasteiger partial charge in [0.15, 0.2) is 5.78 Å². The highest BCUT2D eigenvalue weighted by atomic mass is 32.2. The van der Waals surface area contributed by atoms with Crippen LogP contribution in [-0.4, -0.2) is 23.0 Å².